The van der Waals surface area contributed by atoms with Crippen molar-refractivity contribution in [2.24, 2.45) is 17.8 Å². The van der Waals surface area contributed by atoms with Crippen molar-refractivity contribution in [2.75, 3.05) is 0 Å². The Labute approximate surface area is 93.6 Å². The summed E-state index contributed by atoms with van der Waals surface area (Å²) in [5, 5.41) is 0. The van der Waals surface area contributed by atoms with Gasteiger partial charge in [-0.25, -0.2) is 0 Å². The Hall–Kier alpha value is -0.330. The van der Waals surface area contributed by atoms with Gasteiger partial charge in [-0.1, -0.05) is 32.6 Å². The minimum Gasteiger partial charge on any atom is -0.300 e. The smallest absolute Gasteiger partial charge is 0.133 e. The largest absolute Gasteiger partial charge is 0.300 e. The van der Waals surface area contributed by atoms with Gasteiger partial charge in [-0.3, -0.25) is 4.79 Å². The molecule has 3 atom stereocenters. The van der Waals surface area contributed by atoms with E-state index in [0.717, 1.165) is 37.0 Å². The number of carbonyl (C=O) groups is 1. The summed E-state index contributed by atoms with van der Waals surface area (Å²) in [6.07, 6.45) is 11.1. The van der Waals surface area contributed by atoms with Crippen molar-refractivity contribution in [2.45, 2.75) is 64.7 Å². The van der Waals surface area contributed by atoms with Crippen molar-refractivity contribution in [1.29, 1.82) is 0 Å². The number of ketones is 1. The standard InChI is InChI=1S/C14H24O/c1-11-5-4-7-12(9-11)13-6-2-3-8-14(15)10-13/h11-13H,2-10H2,1H3. The zero-order chi connectivity index (χ0) is 10.7. The van der Waals surface area contributed by atoms with Crippen molar-refractivity contribution >= 4 is 5.78 Å². The van der Waals surface area contributed by atoms with Crippen molar-refractivity contribution in [3.8, 4) is 0 Å². The highest BCUT2D eigenvalue weighted by Gasteiger charge is 2.29. The normalized spacial score (nSPS) is 38.7. The molecule has 86 valence electrons. The van der Waals surface area contributed by atoms with Crippen LogP contribution in [0.25, 0.3) is 0 Å². The van der Waals surface area contributed by atoms with E-state index in [4.69, 9.17) is 0 Å². The van der Waals surface area contributed by atoms with E-state index in [1.165, 1.54) is 38.5 Å². The predicted molar refractivity (Wildman–Crippen MR) is 62.7 cm³/mol. The summed E-state index contributed by atoms with van der Waals surface area (Å²) >= 11 is 0. The van der Waals surface area contributed by atoms with Gasteiger partial charge in [-0.05, 0) is 37.0 Å². The third kappa shape index (κ3) is 3.06. The molecule has 1 nitrogen and oxygen atoms in total. The van der Waals surface area contributed by atoms with Gasteiger partial charge in [-0.2, -0.15) is 0 Å². The van der Waals surface area contributed by atoms with Gasteiger partial charge in [0.15, 0.2) is 0 Å². The molecule has 2 fully saturated rings. The molecular formula is C14H24O. The van der Waals surface area contributed by atoms with Crippen LogP contribution in [0.2, 0.25) is 0 Å². The van der Waals surface area contributed by atoms with Crippen LogP contribution < -0.4 is 0 Å². The summed E-state index contributed by atoms with van der Waals surface area (Å²) < 4.78 is 0. The molecule has 0 amide bonds. The first-order valence-electron chi connectivity index (χ1n) is 6.77. The first-order valence-corrected chi connectivity index (χ1v) is 6.77. The van der Waals surface area contributed by atoms with Crippen LogP contribution in [0, 0.1) is 17.8 Å². The Bertz CT molecular complexity index is 221. The lowest BCUT2D eigenvalue weighted by Crippen LogP contribution is -2.22. The zero-order valence-corrected chi connectivity index (χ0v) is 10.0. The van der Waals surface area contributed by atoms with E-state index in [1.54, 1.807) is 0 Å². The summed E-state index contributed by atoms with van der Waals surface area (Å²) in [7, 11) is 0. The van der Waals surface area contributed by atoms with Gasteiger partial charge >= 0.3 is 0 Å². The monoisotopic (exact) mass is 208 g/mol. The van der Waals surface area contributed by atoms with E-state index < -0.39 is 0 Å². The van der Waals surface area contributed by atoms with Crippen LogP contribution in [0.3, 0.4) is 0 Å². The van der Waals surface area contributed by atoms with Gasteiger partial charge < -0.3 is 0 Å². The zero-order valence-electron chi connectivity index (χ0n) is 10.0. The lowest BCUT2D eigenvalue weighted by molar-refractivity contribution is -0.120. The Morgan fingerprint density at radius 3 is 2.60 bits per heavy atom. The van der Waals surface area contributed by atoms with E-state index in [2.05, 4.69) is 6.92 Å². The van der Waals surface area contributed by atoms with Crippen molar-refractivity contribution in [3.63, 3.8) is 0 Å². The van der Waals surface area contributed by atoms with Crippen molar-refractivity contribution in [1.82, 2.24) is 0 Å². The molecule has 3 unspecified atom stereocenters. The predicted octanol–water partition coefficient (Wildman–Crippen LogP) is 3.96. The van der Waals surface area contributed by atoms with Gasteiger partial charge in [0.05, 0.1) is 0 Å². The van der Waals surface area contributed by atoms with E-state index >= 15 is 0 Å². The fourth-order valence-corrected chi connectivity index (χ4v) is 3.54. The average molecular weight is 208 g/mol. The van der Waals surface area contributed by atoms with Gasteiger partial charge in [0.2, 0.25) is 0 Å². The maximum atomic E-state index is 11.6. The highest BCUT2D eigenvalue weighted by Crippen LogP contribution is 2.38. The number of hydrogen-bond acceptors (Lipinski definition) is 1. The summed E-state index contributed by atoms with van der Waals surface area (Å²) in [4.78, 5) is 11.6. The fraction of sp³-hybridized carbons (Fsp3) is 0.929. The van der Waals surface area contributed by atoms with Gasteiger partial charge in [-0.15, -0.1) is 0 Å². The van der Waals surface area contributed by atoms with E-state index in [-0.39, 0.29) is 0 Å². The molecule has 2 aliphatic carbocycles. The molecule has 0 spiro atoms. The van der Waals surface area contributed by atoms with Crippen molar-refractivity contribution < 1.29 is 4.79 Å². The van der Waals surface area contributed by atoms with Crippen LogP contribution in [0.5, 0.6) is 0 Å². The first-order chi connectivity index (χ1) is 7.25. The Balaban J connectivity index is 1.92. The minimum absolute atomic E-state index is 0.538. The van der Waals surface area contributed by atoms with Gasteiger partial charge in [0, 0.05) is 12.8 Å². The molecule has 0 aliphatic heterocycles. The summed E-state index contributed by atoms with van der Waals surface area (Å²) in [5.41, 5.74) is 0. The Kier molecular flexibility index (Phi) is 3.82. The molecule has 0 radical (unpaired) electrons. The SMILES string of the molecule is CC1CCCC(C2CCCCC(=O)C2)C1. The highest BCUT2D eigenvalue weighted by molar-refractivity contribution is 5.78. The second kappa shape index (κ2) is 5.14. The molecule has 15 heavy (non-hydrogen) atoms. The lowest BCUT2D eigenvalue weighted by atomic mass is 9.73. The number of rotatable bonds is 1. The number of carbonyl (C=O) groups excluding carboxylic acids is 1. The maximum Gasteiger partial charge on any atom is 0.133 e. The van der Waals surface area contributed by atoms with Crippen molar-refractivity contribution in [3.05, 3.63) is 0 Å². The molecular weight excluding hydrogens is 184 g/mol. The summed E-state index contributed by atoms with van der Waals surface area (Å²) in [6, 6.07) is 0. The Morgan fingerprint density at radius 2 is 1.80 bits per heavy atom. The molecule has 2 rings (SSSR count). The molecule has 2 aliphatic rings. The second-order valence-corrected chi connectivity index (χ2v) is 5.78. The average Bonchev–Trinajstić information content (AvgIpc) is 2.43. The van der Waals surface area contributed by atoms with E-state index in [1.807, 2.05) is 0 Å². The topological polar surface area (TPSA) is 17.1 Å². The summed E-state index contributed by atoms with van der Waals surface area (Å²) in [5.74, 6) is 3.05. The lowest BCUT2D eigenvalue weighted by Gasteiger charge is -2.32. The number of Topliss-reactive ketones (excluding diaryl/α,β-unsaturated/α-hetero) is 1. The molecule has 0 aromatic carbocycles. The minimum atomic E-state index is 0.538. The van der Waals surface area contributed by atoms with Crippen LogP contribution in [0.15, 0.2) is 0 Å². The summed E-state index contributed by atoms with van der Waals surface area (Å²) in [6.45, 7) is 2.38. The van der Waals surface area contributed by atoms with E-state index in [0.29, 0.717) is 5.78 Å². The highest BCUT2D eigenvalue weighted by atomic mass is 16.1. The van der Waals surface area contributed by atoms with Crippen LogP contribution >= 0.6 is 0 Å². The fourth-order valence-electron chi connectivity index (χ4n) is 3.54. The molecule has 0 N–H and O–H groups in total. The first kappa shape index (κ1) is 11.2. The van der Waals surface area contributed by atoms with E-state index in [9.17, 15) is 4.79 Å². The van der Waals surface area contributed by atoms with Gasteiger partial charge in [0.25, 0.3) is 0 Å². The number of hydrogen-bond donors (Lipinski definition) is 0. The molecule has 2 saturated carbocycles. The molecule has 0 aromatic rings. The van der Waals surface area contributed by atoms with Crippen LogP contribution in [-0.2, 0) is 4.79 Å². The second-order valence-electron chi connectivity index (χ2n) is 5.78. The third-order valence-electron chi connectivity index (χ3n) is 4.41. The van der Waals surface area contributed by atoms with Gasteiger partial charge in [0.1, 0.15) is 5.78 Å². The molecule has 0 saturated heterocycles. The van der Waals surface area contributed by atoms with Crippen LogP contribution in [-0.4, -0.2) is 5.78 Å². The third-order valence-corrected chi connectivity index (χ3v) is 4.41. The molecule has 0 aromatic heterocycles. The molecule has 1 heteroatoms. The van der Waals surface area contributed by atoms with Crippen LogP contribution in [0.4, 0.5) is 0 Å². The van der Waals surface area contributed by atoms with Crippen LogP contribution in [0.1, 0.15) is 64.7 Å². The molecule has 0 heterocycles. The molecule has 0 bridgehead atoms. The quantitative estimate of drug-likeness (QED) is 0.596. The maximum absolute atomic E-state index is 11.6. The Morgan fingerprint density at radius 1 is 1.00 bits per heavy atom.